The second-order valence-electron chi connectivity index (χ2n) is 6.67. The normalized spacial score (nSPS) is 21.5. The van der Waals surface area contributed by atoms with Gasteiger partial charge in [0.2, 0.25) is 5.91 Å². The van der Waals surface area contributed by atoms with Crippen LogP contribution in [0.1, 0.15) is 32.1 Å². The maximum Gasteiger partial charge on any atom is 0.251 e. The highest BCUT2D eigenvalue weighted by molar-refractivity contribution is 6.30. The number of carbonyl (C=O) groups excluding carboxylic acids is 2. The quantitative estimate of drug-likeness (QED) is 0.771. The topological polar surface area (TPSA) is 76.5 Å². The van der Waals surface area contributed by atoms with Crippen LogP contribution in [0.3, 0.4) is 0 Å². The molecule has 0 aliphatic carbocycles. The highest BCUT2D eigenvalue weighted by Gasteiger charge is 2.32. The third kappa shape index (κ3) is 4.95. The Kier molecular flexibility index (Phi) is 6.31. The lowest BCUT2D eigenvalue weighted by Gasteiger charge is -2.32. The molecular weight excluding hydrogens is 344 g/mol. The Hall–Kier alpha value is -1.60. The number of hydrogen-bond acceptors (Lipinski definition) is 4. The highest BCUT2D eigenvalue weighted by Crippen LogP contribution is 2.21. The van der Waals surface area contributed by atoms with Gasteiger partial charge >= 0.3 is 0 Å². The number of carbonyl (C=O) groups is 2. The number of ether oxygens (including phenoxy) is 1. The van der Waals surface area contributed by atoms with Gasteiger partial charge in [0, 0.05) is 44.9 Å². The Bertz CT molecular complexity index is 592. The summed E-state index contributed by atoms with van der Waals surface area (Å²) < 4.78 is 7.23. The fraction of sp³-hybridized carbons (Fsp3) is 0.706. The molecule has 0 bridgehead atoms. The van der Waals surface area contributed by atoms with E-state index in [1.165, 1.54) is 0 Å². The van der Waals surface area contributed by atoms with Crippen molar-refractivity contribution in [2.45, 2.75) is 44.8 Å². The largest absolute Gasteiger partial charge is 0.368 e. The first-order valence-electron chi connectivity index (χ1n) is 8.99. The van der Waals surface area contributed by atoms with Crippen LogP contribution in [0.25, 0.3) is 0 Å². The lowest BCUT2D eigenvalue weighted by Crippen LogP contribution is -2.46. The molecule has 3 heterocycles. The molecule has 0 spiro atoms. The average molecular weight is 369 g/mol. The Morgan fingerprint density at radius 3 is 2.76 bits per heavy atom. The molecule has 25 heavy (non-hydrogen) atoms. The van der Waals surface area contributed by atoms with Gasteiger partial charge in [0.15, 0.2) is 0 Å². The van der Waals surface area contributed by atoms with Crippen LogP contribution < -0.4 is 5.32 Å². The van der Waals surface area contributed by atoms with Crippen LogP contribution in [0, 0.1) is 5.92 Å². The second kappa shape index (κ2) is 8.67. The molecule has 1 aromatic heterocycles. The molecule has 2 fully saturated rings. The van der Waals surface area contributed by atoms with Gasteiger partial charge in [0.1, 0.15) is 6.10 Å². The summed E-state index contributed by atoms with van der Waals surface area (Å²) in [6.07, 6.45) is 7.13. The smallest absolute Gasteiger partial charge is 0.251 e. The highest BCUT2D eigenvalue weighted by atomic mass is 35.5. The summed E-state index contributed by atoms with van der Waals surface area (Å²) in [6, 6.07) is 0. The molecule has 0 aromatic carbocycles. The molecule has 2 saturated heterocycles. The van der Waals surface area contributed by atoms with Crippen LogP contribution >= 0.6 is 11.6 Å². The molecule has 7 nitrogen and oxygen atoms in total. The van der Waals surface area contributed by atoms with Gasteiger partial charge in [-0.2, -0.15) is 5.10 Å². The van der Waals surface area contributed by atoms with E-state index in [0.29, 0.717) is 31.3 Å². The van der Waals surface area contributed by atoms with Crippen molar-refractivity contribution in [3.8, 4) is 0 Å². The number of likely N-dealkylation sites (tertiary alicyclic amines) is 1. The molecule has 0 unspecified atom stereocenters. The van der Waals surface area contributed by atoms with E-state index in [-0.39, 0.29) is 23.8 Å². The maximum atomic E-state index is 12.3. The van der Waals surface area contributed by atoms with E-state index in [4.69, 9.17) is 16.3 Å². The Balaban J connectivity index is 1.33. The number of aromatic nitrogens is 2. The Labute approximate surface area is 152 Å². The van der Waals surface area contributed by atoms with Gasteiger partial charge in [-0.15, -0.1) is 0 Å². The zero-order valence-electron chi connectivity index (χ0n) is 14.3. The van der Waals surface area contributed by atoms with Crippen molar-refractivity contribution in [1.29, 1.82) is 0 Å². The predicted octanol–water partition coefficient (Wildman–Crippen LogP) is 1.46. The number of nitrogens with one attached hydrogen (secondary N) is 1. The van der Waals surface area contributed by atoms with Crippen molar-refractivity contribution in [3.63, 3.8) is 0 Å². The summed E-state index contributed by atoms with van der Waals surface area (Å²) in [4.78, 5) is 26.4. The van der Waals surface area contributed by atoms with Gasteiger partial charge in [-0.05, 0) is 32.1 Å². The van der Waals surface area contributed by atoms with E-state index >= 15 is 0 Å². The molecule has 2 aliphatic heterocycles. The van der Waals surface area contributed by atoms with Crippen LogP contribution in [-0.4, -0.2) is 58.8 Å². The maximum absolute atomic E-state index is 12.3. The number of amides is 2. The van der Waals surface area contributed by atoms with E-state index < -0.39 is 0 Å². The number of nitrogens with zero attached hydrogens (tertiary/aromatic N) is 3. The number of rotatable bonds is 6. The van der Waals surface area contributed by atoms with Crippen molar-refractivity contribution in [2.24, 2.45) is 5.92 Å². The average Bonchev–Trinajstić information content (AvgIpc) is 3.30. The number of aryl methyl sites for hydroxylation is 1. The summed E-state index contributed by atoms with van der Waals surface area (Å²) >= 11 is 5.81. The zero-order valence-corrected chi connectivity index (χ0v) is 15.1. The third-order valence-electron chi connectivity index (χ3n) is 4.85. The molecular formula is C17H25ClN4O3. The van der Waals surface area contributed by atoms with Gasteiger partial charge in [0.25, 0.3) is 5.91 Å². The summed E-state index contributed by atoms with van der Waals surface area (Å²) in [5.74, 6) is 0.171. The van der Waals surface area contributed by atoms with Crippen LogP contribution in [0.15, 0.2) is 12.4 Å². The molecule has 138 valence electrons. The lowest BCUT2D eigenvalue weighted by atomic mass is 9.95. The van der Waals surface area contributed by atoms with E-state index in [0.717, 1.165) is 38.6 Å². The van der Waals surface area contributed by atoms with Crippen molar-refractivity contribution in [1.82, 2.24) is 20.0 Å². The zero-order chi connectivity index (χ0) is 17.6. The second-order valence-corrected chi connectivity index (χ2v) is 7.10. The van der Waals surface area contributed by atoms with E-state index in [1.54, 1.807) is 17.1 Å². The summed E-state index contributed by atoms with van der Waals surface area (Å²) in [5.41, 5.74) is 0. The fourth-order valence-electron chi connectivity index (χ4n) is 3.40. The summed E-state index contributed by atoms with van der Waals surface area (Å²) in [6.45, 7) is 3.30. The van der Waals surface area contributed by atoms with Crippen molar-refractivity contribution in [2.75, 3.05) is 26.2 Å². The minimum Gasteiger partial charge on any atom is -0.368 e. The SMILES string of the molecule is O=C(NCCCn1cc(Cl)cn1)C1CCN(C(=O)[C@@H]2CCCO2)CC1. The molecule has 2 amide bonds. The number of hydrogen-bond donors (Lipinski definition) is 1. The molecule has 3 rings (SSSR count). The minimum absolute atomic E-state index is 0.00676. The molecule has 1 aromatic rings. The Morgan fingerprint density at radius 2 is 2.12 bits per heavy atom. The van der Waals surface area contributed by atoms with Crippen molar-refractivity contribution in [3.05, 3.63) is 17.4 Å². The summed E-state index contributed by atoms with van der Waals surface area (Å²) in [5, 5.41) is 7.71. The van der Waals surface area contributed by atoms with Gasteiger partial charge in [-0.1, -0.05) is 11.6 Å². The first-order valence-corrected chi connectivity index (χ1v) is 9.37. The first-order chi connectivity index (χ1) is 12.1. The third-order valence-corrected chi connectivity index (χ3v) is 5.04. The minimum atomic E-state index is -0.263. The van der Waals surface area contributed by atoms with E-state index in [1.807, 2.05) is 4.90 Å². The van der Waals surface area contributed by atoms with Crippen molar-refractivity contribution < 1.29 is 14.3 Å². The lowest BCUT2D eigenvalue weighted by molar-refractivity contribution is -0.143. The molecule has 8 heteroatoms. The van der Waals surface area contributed by atoms with Gasteiger partial charge in [-0.3, -0.25) is 14.3 Å². The molecule has 2 aliphatic rings. The standard InChI is InChI=1S/C17H25ClN4O3/c18-14-11-20-22(12-14)7-2-6-19-16(23)13-4-8-21(9-5-13)17(24)15-3-1-10-25-15/h11-13,15H,1-10H2,(H,19,23)/t15-/m0/s1. The van der Waals surface area contributed by atoms with Crippen LogP contribution in [0.5, 0.6) is 0 Å². The fourth-order valence-corrected chi connectivity index (χ4v) is 3.55. The Morgan fingerprint density at radius 1 is 1.32 bits per heavy atom. The monoisotopic (exact) mass is 368 g/mol. The van der Waals surface area contributed by atoms with Crippen LogP contribution in [-0.2, 0) is 20.9 Å². The van der Waals surface area contributed by atoms with Crippen LogP contribution in [0.4, 0.5) is 0 Å². The van der Waals surface area contributed by atoms with E-state index in [9.17, 15) is 9.59 Å². The van der Waals surface area contributed by atoms with Crippen molar-refractivity contribution >= 4 is 23.4 Å². The van der Waals surface area contributed by atoms with Gasteiger partial charge in [-0.25, -0.2) is 0 Å². The van der Waals surface area contributed by atoms with E-state index in [2.05, 4.69) is 10.4 Å². The number of piperidine rings is 1. The molecule has 0 saturated carbocycles. The molecule has 1 N–H and O–H groups in total. The predicted molar refractivity (Wildman–Crippen MR) is 93.1 cm³/mol. The van der Waals surface area contributed by atoms with Crippen LogP contribution in [0.2, 0.25) is 5.02 Å². The molecule has 0 radical (unpaired) electrons. The van der Waals surface area contributed by atoms with Gasteiger partial charge < -0.3 is 15.0 Å². The van der Waals surface area contributed by atoms with Gasteiger partial charge in [0.05, 0.1) is 11.2 Å². The summed E-state index contributed by atoms with van der Waals surface area (Å²) in [7, 11) is 0. The molecule has 1 atom stereocenters. The number of halogens is 1. The first kappa shape index (κ1) is 18.2.